The second-order valence-corrected chi connectivity index (χ2v) is 4.71. The molecule has 1 aromatic carbocycles. The number of nitrogens with one attached hydrogen (secondary N) is 1. The summed E-state index contributed by atoms with van der Waals surface area (Å²) in [6.07, 6.45) is 0.439. The summed E-state index contributed by atoms with van der Waals surface area (Å²) >= 11 is 0. The molecule has 0 spiro atoms. The molecule has 1 rings (SSSR count). The molecule has 9 heteroatoms. The summed E-state index contributed by atoms with van der Waals surface area (Å²) in [7, 11) is -3.87. The van der Waals surface area contributed by atoms with Gasteiger partial charge in [0.05, 0.1) is 9.82 Å². The number of benzene rings is 1. The van der Waals surface area contributed by atoms with Crippen LogP contribution < -0.4 is 10.7 Å². The van der Waals surface area contributed by atoms with Crippen LogP contribution in [0.2, 0.25) is 0 Å². The average Bonchev–Trinajstić information content (AvgIpc) is 2.28. The minimum Gasteiger partial charge on any atom is -0.258 e. The number of rotatable bonds is 4. The first-order valence-electron chi connectivity index (χ1n) is 4.42. The summed E-state index contributed by atoms with van der Waals surface area (Å²) in [4.78, 5) is 11.4. The first kappa shape index (κ1) is 15.8. The van der Waals surface area contributed by atoms with Crippen molar-refractivity contribution < 1.29 is 13.3 Å². The Morgan fingerprint density at radius 2 is 2.06 bits per heavy atom. The van der Waals surface area contributed by atoms with Crippen LogP contribution in [0.15, 0.2) is 23.1 Å². The van der Waals surface area contributed by atoms with Crippen molar-refractivity contribution in [1.29, 1.82) is 0 Å². The number of nitro groups is 1. The zero-order chi connectivity index (χ0) is 12.3. The lowest BCUT2D eigenvalue weighted by atomic mass is 10.1. The molecule has 0 saturated heterocycles. The van der Waals surface area contributed by atoms with E-state index < -0.39 is 14.9 Å². The number of nitrogens with zero attached hydrogens (tertiary/aromatic N) is 1. The summed E-state index contributed by atoms with van der Waals surface area (Å²) in [5.74, 6) is 4.88. The van der Waals surface area contributed by atoms with Crippen LogP contribution in [0.3, 0.4) is 0 Å². The number of halogens is 1. The van der Waals surface area contributed by atoms with Crippen molar-refractivity contribution in [3.63, 3.8) is 0 Å². The summed E-state index contributed by atoms with van der Waals surface area (Å²) in [5, 5.41) is 10.5. The van der Waals surface area contributed by atoms with Gasteiger partial charge in [0, 0.05) is 12.1 Å². The molecule has 0 heterocycles. The molecule has 0 bridgehead atoms. The Morgan fingerprint density at radius 1 is 1.47 bits per heavy atom. The van der Waals surface area contributed by atoms with Crippen molar-refractivity contribution in [1.82, 2.24) is 4.83 Å². The van der Waals surface area contributed by atoms with Gasteiger partial charge in [0.15, 0.2) is 0 Å². The molecular weight excluding hydrogens is 270 g/mol. The Kier molecular flexibility index (Phi) is 5.49. The maximum absolute atomic E-state index is 11.5. The molecule has 0 aliphatic heterocycles. The highest BCUT2D eigenvalue weighted by molar-refractivity contribution is 7.89. The summed E-state index contributed by atoms with van der Waals surface area (Å²) in [5.41, 5.74) is 0.189. The quantitative estimate of drug-likeness (QED) is 0.479. The normalized spacial score (nSPS) is 10.7. The number of nitrogens with two attached hydrogens (primary N) is 1. The minimum atomic E-state index is -3.87. The number of hydrogen-bond acceptors (Lipinski definition) is 5. The van der Waals surface area contributed by atoms with Crippen molar-refractivity contribution in [2.45, 2.75) is 18.2 Å². The van der Waals surface area contributed by atoms with Crippen LogP contribution in [0.4, 0.5) is 5.69 Å². The molecule has 0 aliphatic carbocycles. The van der Waals surface area contributed by atoms with Crippen molar-refractivity contribution in [3.05, 3.63) is 33.9 Å². The third-order valence-corrected chi connectivity index (χ3v) is 3.36. The van der Waals surface area contributed by atoms with Crippen molar-refractivity contribution in [2.24, 2.45) is 5.84 Å². The van der Waals surface area contributed by atoms with E-state index in [9.17, 15) is 18.5 Å². The summed E-state index contributed by atoms with van der Waals surface area (Å²) < 4.78 is 23.0. The molecule has 0 unspecified atom stereocenters. The lowest BCUT2D eigenvalue weighted by molar-refractivity contribution is -0.385. The van der Waals surface area contributed by atoms with Crippen molar-refractivity contribution in [3.8, 4) is 0 Å². The molecule has 0 aliphatic rings. The second kappa shape index (κ2) is 5.92. The van der Waals surface area contributed by atoms with Gasteiger partial charge in [-0.05, 0) is 12.0 Å². The van der Waals surface area contributed by atoms with Gasteiger partial charge in [-0.25, -0.2) is 8.42 Å². The minimum absolute atomic E-state index is 0. The molecule has 0 saturated carbocycles. The molecule has 1 aromatic rings. The van der Waals surface area contributed by atoms with Gasteiger partial charge < -0.3 is 0 Å². The van der Waals surface area contributed by atoms with E-state index in [2.05, 4.69) is 0 Å². The van der Waals surface area contributed by atoms with Crippen molar-refractivity contribution in [2.75, 3.05) is 0 Å². The molecule has 17 heavy (non-hydrogen) atoms. The van der Waals surface area contributed by atoms with E-state index in [1.165, 1.54) is 12.1 Å². The maximum Gasteiger partial charge on any atom is 0.270 e. The Morgan fingerprint density at radius 3 is 2.47 bits per heavy atom. The summed E-state index contributed by atoms with van der Waals surface area (Å²) in [6.45, 7) is 1.75. The van der Waals surface area contributed by atoms with E-state index in [4.69, 9.17) is 5.84 Å². The molecule has 0 radical (unpaired) electrons. The zero-order valence-electron chi connectivity index (χ0n) is 8.91. The highest BCUT2D eigenvalue weighted by Crippen LogP contribution is 2.22. The molecule has 0 fully saturated rings. The van der Waals surface area contributed by atoms with Crippen LogP contribution in [0, 0.1) is 10.1 Å². The third-order valence-electron chi connectivity index (χ3n) is 2.09. The Labute approximate surface area is 105 Å². The van der Waals surface area contributed by atoms with E-state index in [0.29, 0.717) is 12.0 Å². The van der Waals surface area contributed by atoms with Gasteiger partial charge in [0.2, 0.25) is 0 Å². The predicted molar refractivity (Wildman–Crippen MR) is 64.2 cm³/mol. The van der Waals surface area contributed by atoms with E-state index in [1.807, 2.05) is 0 Å². The lowest BCUT2D eigenvalue weighted by Gasteiger charge is -2.07. The maximum atomic E-state index is 11.5. The molecule has 0 atom stereocenters. The van der Waals surface area contributed by atoms with Crippen LogP contribution in [0.5, 0.6) is 0 Å². The molecular formula is C8H12ClN3O4S. The van der Waals surface area contributed by atoms with Crippen LogP contribution in [-0.4, -0.2) is 13.3 Å². The average molecular weight is 282 g/mol. The van der Waals surface area contributed by atoms with Crippen LogP contribution in [-0.2, 0) is 16.4 Å². The van der Waals surface area contributed by atoms with E-state index in [1.54, 1.807) is 11.8 Å². The van der Waals surface area contributed by atoms with Gasteiger partial charge in [0.25, 0.3) is 15.7 Å². The van der Waals surface area contributed by atoms with Crippen molar-refractivity contribution >= 4 is 28.1 Å². The first-order valence-corrected chi connectivity index (χ1v) is 5.90. The molecule has 0 amide bonds. The van der Waals surface area contributed by atoms with Gasteiger partial charge >= 0.3 is 0 Å². The molecule has 7 nitrogen and oxygen atoms in total. The Balaban J connectivity index is 0.00000256. The number of nitro benzene ring substituents is 1. The number of non-ortho nitro benzene ring substituents is 1. The highest BCUT2D eigenvalue weighted by Gasteiger charge is 2.19. The fraction of sp³-hybridized carbons (Fsp3) is 0.250. The predicted octanol–water partition coefficient (Wildman–Crippen LogP) is 0.731. The number of aryl methyl sites for hydroxylation is 1. The number of hydrogen-bond donors (Lipinski definition) is 2. The van der Waals surface area contributed by atoms with Gasteiger partial charge in [-0.15, -0.1) is 12.4 Å². The molecule has 3 N–H and O–H groups in total. The first-order chi connectivity index (χ1) is 7.42. The largest absolute Gasteiger partial charge is 0.270 e. The lowest BCUT2D eigenvalue weighted by Crippen LogP contribution is -2.31. The van der Waals surface area contributed by atoms with Gasteiger partial charge in [-0.3, -0.25) is 16.0 Å². The fourth-order valence-corrected chi connectivity index (χ4v) is 2.22. The SMILES string of the molecule is CCc1ccc([N+](=O)[O-])cc1S(=O)(=O)NN.Cl. The second-order valence-electron chi connectivity index (χ2n) is 3.02. The van der Waals surface area contributed by atoms with Gasteiger partial charge in [-0.1, -0.05) is 13.0 Å². The standard InChI is InChI=1S/C8H11N3O4S.ClH/c1-2-6-3-4-7(11(12)13)5-8(6)16(14,15)10-9;/h3-5,10H,2,9H2,1H3;1H. The van der Waals surface area contributed by atoms with Crippen LogP contribution >= 0.6 is 12.4 Å². The van der Waals surface area contributed by atoms with Crippen LogP contribution in [0.1, 0.15) is 12.5 Å². The Bertz CT molecular complexity index is 518. The van der Waals surface area contributed by atoms with Gasteiger partial charge in [0.1, 0.15) is 0 Å². The van der Waals surface area contributed by atoms with E-state index >= 15 is 0 Å². The van der Waals surface area contributed by atoms with E-state index in [-0.39, 0.29) is 23.0 Å². The van der Waals surface area contributed by atoms with Gasteiger partial charge in [-0.2, -0.15) is 4.83 Å². The topological polar surface area (TPSA) is 115 Å². The third kappa shape index (κ3) is 3.37. The highest BCUT2D eigenvalue weighted by atomic mass is 35.5. The smallest absolute Gasteiger partial charge is 0.258 e. The Hall–Kier alpha value is -1.22. The summed E-state index contributed by atoms with van der Waals surface area (Å²) in [6, 6.07) is 3.66. The fourth-order valence-electron chi connectivity index (χ4n) is 1.26. The molecule has 96 valence electrons. The monoisotopic (exact) mass is 281 g/mol. The van der Waals surface area contributed by atoms with Crippen LogP contribution in [0.25, 0.3) is 0 Å². The van der Waals surface area contributed by atoms with E-state index in [0.717, 1.165) is 6.07 Å². The number of sulfonamides is 1. The zero-order valence-corrected chi connectivity index (χ0v) is 10.5. The number of hydrazine groups is 1. The molecule has 0 aromatic heterocycles.